The molecule has 0 heterocycles. The van der Waals surface area contributed by atoms with Gasteiger partial charge in [-0.3, -0.25) is 0 Å². The fourth-order valence-corrected chi connectivity index (χ4v) is 5.53. The van der Waals surface area contributed by atoms with Crippen molar-refractivity contribution in [1.82, 2.24) is 0 Å². The Bertz CT molecular complexity index is 790. The van der Waals surface area contributed by atoms with E-state index in [1.165, 1.54) is 0 Å². The lowest BCUT2D eigenvalue weighted by molar-refractivity contribution is 0.260. The van der Waals surface area contributed by atoms with E-state index in [1.54, 1.807) is 72.8 Å². The Kier molecular flexibility index (Phi) is 6.74. The minimum absolute atomic E-state index is 0.454. The highest BCUT2D eigenvalue weighted by Gasteiger charge is 2.48. The van der Waals surface area contributed by atoms with Crippen LogP contribution in [-0.2, 0) is 0 Å². The number of rotatable bonds is 9. The van der Waals surface area contributed by atoms with Crippen LogP contribution in [0.3, 0.4) is 0 Å². The molecule has 3 rings (SSSR count). The quantitative estimate of drug-likeness (QED) is 0.262. The topological polar surface area (TPSA) is 106 Å². The maximum absolute atomic E-state index is 6.35. The molecule has 8 heteroatoms. The minimum atomic E-state index is -3.30. The molecule has 0 radical (unpaired) electrons. The van der Waals surface area contributed by atoms with Crippen LogP contribution in [0.1, 0.15) is 6.42 Å². The number of hydrogen-bond donors (Lipinski definition) is 3. The number of benzene rings is 3. The average molecular weight is 430 g/mol. The van der Waals surface area contributed by atoms with E-state index in [9.17, 15) is 0 Å². The fourth-order valence-electron chi connectivity index (χ4n) is 2.65. The zero-order valence-corrected chi connectivity index (χ0v) is 17.6. The largest absolute Gasteiger partial charge is 0.699 e. The molecule has 29 heavy (non-hydrogen) atoms. The van der Waals surface area contributed by atoms with Crippen molar-refractivity contribution >= 4 is 37.5 Å². The summed E-state index contributed by atoms with van der Waals surface area (Å²) in [5, 5.41) is 0. The van der Waals surface area contributed by atoms with E-state index in [2.05, 4.69) is 0 Å². The second-order valence-corrected chi connectivity index (χ2v) is 9.35. The van der Waals surface area contributed by atoms with Crippen molar-refractivity contribution in [2.24, 2.45) is 0 Å². The van der Waals surface area contributed by atoms with Crippen LogP contribution in [0.25, 0.3) is 0 Å². The van der Waals surface area contributed by atoms with E-state index in [-0.39, 0.29) is 0 Å². The zero-order chi connectivity index (χ0) is 20.7. The first-order valence-corrected chi connectivity index (χ1v) is 11.6. The maximum Gasteiger partial charge on any atom is 0.699 e. The summed E-state index contributed by atoms with van der Waals surface area (Å²) in [7, 11) is -3.30. The molecular formula is C21H24ClN3O3Si. The van der Waals surface area contributed by atoms with Crippen LogP contribution >= 0.6 is 11.6 Å². The van der Waals surface area contributed by atoms with E-state index < -0.39 is 8.80 Å². The molecule has 0 aliphatic heterocycles. The third kappa shape index (κ3) is 5.97. The van der Waals surface area contributed by atoms with Gasteiger partial charge in [0.1, 0.15) is 17.2 Å². The lowest BCUT2D eigenvalue weighted by Gasteiger charge is -2.30. The van der Waals surface area contributed by atoms with Gasteiger partial charge in [0.05, 0.1) is 6.04 Å². The Labute approximate surface area is 176 Å². The molecule has 0 atom stereocenters. The Balaban J connectivity index is 1.96. The highest BCUT2D eigenvalue weighted by atomic mass is 35.5. The molecule has 6 N–H and O–H groups in total. The van der Waals surface area contributed by atoms with Crippen molar-refractivity contribution in [1.29, 1.82) is 0 Å². The van der Waals surface area contributed by atoms with Crippen molar-refractivity contribution < 1.29 is 13.3 Å². The van der Waals surface area contributed by atoms with Crippen LogP contribution in [0.4, 0.5) is 17.1 Å². The summed E-state index contributed by atoms with van der Waals surface area (Å²) in [5.74, 6) is 2.26. The van der Waals surface area contributed by atoms with Crippen molar-refractivity contribution in [2.75, 3.05) is 23.1 Å². The highest BCUT2D eigenvalue weighted by molar-refractivity contribution is 6.63. The zero-order valence-electron chi connectivity index (χ0n) is 15.9. The van der Waals surface area contributed by atoms with Crippen molar-refractivity contribution in [2.45, 2.75) is 12.5 Å². The Morgan fingerprint density at radius 3 is 1.17 bits per heavy atom. The third-order valence-corrected chi connectivity index (χ3v) is 6.95. The SMILES string of the molecule is Nc1ccc(O[Si](CCCCl)(Oc2ccc(N)cc2)Oc2ccc(N)cc2)cc1. The fraction of sp³-hybridized carbons (Fsp3) is 0.143. The van der Waals surface area contributed by atoms with E-state index in [4.69, 9.17) is 42.1 Å². The predicted molar refractivity (Wildman–Crippen MR) is 120 cm³/mol. The summed E-state index contributed by atoms with van der Waals surface area (Å²) in [6.45, 7) is 0. The van der Waals surface area contributed by atoms with Crippen molar-refractivity contribution in [3.8, 4) is 17.2 Å². The molecule has 0 saturated carbocycles. The van der Waals surface area contributed by atoms with E-state index in [0.29, 0.717) is 52.7 Å². The van der Waals surface area contributed by atoms with Gasteiger partial charge >= 0.3 is 8.80 Å². The summed E-state index contributed by atoms with van der Waals surface area (Å²) in [6, 6.07) is 21.8. The van der Waals surface area contributed by atoms with Gasteiger partial charge in [0, 0.05) is 22.9 Å². The molecule has 0 bridgehead atoms. The van der Waals surface area contributed by atoms with Gasteiger partial charge < -0.3 is 30.5 Å². The number of alkyl halides is 1. The summed E-state index contributed by atoms with van der Waals surface area (Å²) < 4.78 is 19.0. The van der Waals surface area contributed by atoms with Crippen LogP contribution in [-0.4, -0.2) is 14.7 Å². The van der Waals surface area contributed by atoms with Gasteiger partial charge in [0.2, 0.25) is 0 Å². The summed E-state index contributed by atoms with van der Waals surface area (Å²) in [5.41, 5.74) is 19.3. The lowest BCUT2D eigenvalue weighted by atomic mass is 10.3. The maximum atomic E-state index is 6.35. The van der Waals surface area contributed by atoms with Crippen LogP contribution in [0.5, 0.6) is 17.2 Å². The summed E-state index contributed by atoms with van der Waals surface area (Å²) in [6.07, 6.45) is 0.659. The average Bonchev–Trinajstić information content (AvgIpc) is 2.72. The number of nitrogen functional groups attached to an aromatic ring is 3. The normalized spacial score (nSPS) is 11.1. The van der Waals surface area contributed by atoms with Crippen molar-refractivity contribution in [3.05, 3.63) is 72.8 Å². The minimum Gasteiger partial charge on any atom is -0.483 e. The molecule has 0 spiro atoms. The molecule has 0 aromatic heterocycles. The van der Waals surface area contributed by atoms with E-state index in [0.717, 1.165) is 0 Å². The molecule has 3 aromatic carbocycles. The molecule has 0 unspecified atom stereocenters. The first-order chi connectivity index (χ1) is 14.0. The summed E-state index contributed by atoms with van der Waals surface area (Å²) >= 11 is 5.98. The number of anilines is 3. The van der Waals surface area contributed by atoms with Gasteiger partial charge in [-0.05, 0) is 79.2 Å². The number of halogens is 1. The molecular weight excluding hydrogens is 406 g/mol. The molecule has 0 fully saturated rings. The smallest absolute Gasteiger partial charge is 0.483 e. The molecule has 0 aliphatic rings. The second-order valence-electron chi connectivity index (χ2n) is 6.49. The molecule has 0 amide bonds. The molecule has 0 aliphatic carbocycles. The summed E-state index contributed by atoms with van der Waals surface area (Å²) in [4.78, 5) is 0. The lowest BCUT2D eigenvalue weighted by Crippen LogP contribution is -2.54. The van der Waals surface area contributed by atoms with Crippen LogP contribution < -0.4 is 30.5 Å². The molecule has 152 valence electrons. The highest BCUT2D eigenvalue weighted by Crippen LogP contribution is 2.29. The van der Waals surface area contributed by atoms with Gasteiger partial charge in [-0.2, -0.15) is 0 Å². The van der Waals surface area contributed by atoms with E-state index in [1.807, 2.05) is 0 Å². The van der Waals surface area contributed by atoms with Gasteiger partial charge in [0.15, 0.2) is 0 Å². The predicted octanol–water partition coefficient (Wildman–Crippen LogP) is 4.54. The molecule has 6 nitrogen and oxygen atoms in total. The first kappa shape index (κ1) is 20.7. The van der Waals surface area contributed by atoms with Crippen LogP contribution in [0.2, 0.25) is 6.04 Å². The second kappa shape index (κ2) is 9.44. The number of nitrogens with two attached hydrogens (primary N) is 3. The Morgan fingerprint density at radius 1 is 0.586 bits per heavy atom. The Hall–Kier alpha value is -3.03. The molecule has 0 saturated heterocycles. The number of hydrogen-bond acceptors (Lipinski definition) is 6. The van der Waals surface area contributed by atoms with Crippen molar-refractivity contribution in [3.63, 3.8) is 0 Å². The van der Waals surface area contributed by atoms with Crippen LogP contribution in [0.15, 0.2) is 72.8 Å². The van der Waals surface area contributed by atoms with Crippen LogP contribution in [0, 0.1) is 0 Å². The Morgan fingerprint density at radius 2 is 0.897 bits per heavy atom. The standard InChI is InChI=1S/C21H24ClN3O3Si/c22-14-1-15-29(26-19-8-2-16(23)3-9-19,27-20-10-4-17(24)5-11-20)28-21-12-6-18(25)7-13-21/h2-13H,1,14-15,23-25H2. The monoisotopic (exact) mass is 429 g/mol. The first-order valence-electron chi connectivity index (χ1n) is 9.18. The van der Waals surface area contributed by atoms with Gasteiger partial charge in [-0.15, -0.1) is 11.6 Å². The van der Waals surface area contributed by atoms with Gasteiger partial charge in [-0.1, -0.05) is 0 Å². The van der Waals surface area contributed by atoms with Gasteiger partial charge in [-0.25, -0.2) is 0 Å². The third-order valence-electron chi connectivity index (χ3n) is 4.08. The molecule has 3 aromatic rings. The van der Waals surface area contributed by atoms with E-state index >= 15 is 0 Å². The van der Waals surface area contributed by atoms with Gasteiger partial charge in [0.25, 0.3) is 0 Å².